The van der Waals surface area contributed by atoms with Gasteiger partial charge in [0.15, 0.2) is 0 Å². The Labute approximate surface area is 123 Å². The lowest BCUT2D eigenvalue weighted by Gasteiger charge is -2.07. The summed E-state index contributed by atoms with van der Waals surface area (Å²) in [5.74, 6) is -0.477. The van der Waals surface area contributed by atoms with Crippen LogP contribution in [-0.4, -0.2) is 19.9 Å². The number of aromatic nitrogens is 1. The standard InChI is InChI=1S/C14H18FN3O2S/c1-3-16-8-13-7-14(9-17-13)21(19,20)18-12-5-10(2)4-11(15)6-12/h4-7,9,16-18H,3,8H2,1-2H3. The Balaban J connectivity index is 2.19. The lowest BCUT2D eigenvalue weighted by molar-refractivity contribution is 0.601. The van der Waals surface area contributed by atoms with Gasteiger partial charge in [-0.25, -0.2) is 12.8 Å². The minimum atomic E-state index is -3.73. The van der Waals surface area contributed by atoms with Gasteiger partial charge < -0.3 is 10.3 Å². The van der Waals surface area contributed by atoms with Crippen molar-refractivity contribution in [3.8, 4) is 0 Å². The van der Waals surface area contributed by atoms with Gasteiger partial charge in [0.1, 0.15) is 10.7 Å². The predicted octanol–water partition coefficient (Wildman–Crippen LogP) is 2.37. The molecule has 2 rings (SSSR count). The molecule has 0 aliphatic carbocycles. The number of hydrogen-bond acceptors (Lipinski definition) is 3. The van der Waals surface area contributed by atoms with E-state index < -0.39 is 15.8 Å². The van der Waals surface area contributed by atoms with Gasteiger partial charge in [0.25, 0.3) is 10.0 Å². The third-order valence-corrected chi connectivity index (χ3v) is 4.25. The Morgan fingerprint density at radius 3 is 2.67 bits per heavy atom. The second-order valence-electron chi connectivity index (χ2n) is 4.76. The van der Waals surface area contributed by atoms with E-state index in [0.29, 0.717) is 12.1 Å². The van der Waals surface area contributed by atoms with Gasteiger partial charge in [0.05, 0.1) is 5.69 Å². The molecule has 3 N–H and O–H groups in total. The summed E-state index contributed by atoms with van der Waals surface area (Å²) in [6.07, 6.45) is 1.42. The zero-order chi connectivity index (χ0) is 15.5. The molecule has 0 atom stereocenters. The number of halogens is 1. The van der Waals surface area contributed by atoms with Crippen molar-refractivity contribution in [2.45, 2.75) is 25.3 Å². The predicted molar refractivity (Wildman–Crippen MR) is 80.1 cm³/mol. The number of rotatable bonds is 6. The molecule has 1 aromatic heterocycles. The highest BCUT2D eigenvalue weighted by atomic mass is 32.2. The van der Waals surface area contributed by atoms with Crippen LogP contribution in [0, 0.1) is 12.7 Å². The number of aryl methyl sites for hydroxylation is 1. The topological polar surface area (TPSA) is 74.0 Å². The molecule has 1 heterocycles. The zero-order valence-corrected chi connectivity index (χ0v) is 12.7. The smallest absolute Gasteiger partial charge is 0.263 e. The van der Waals surface area contributed by atoms with Crippen LogP contribution in [0.4, 0.5) is 10.1 Å². The summed E-state index contributed by atoms with van der Waals surface area (Å²) in [6.45, 7) is 5.02. The van der Waals surface area contributed by atoms with Gasteiger partial charge in [0, 0.05) is 18.4 Å². The summed E-state index contributed by atoms with van der Waals surface area (Å²) in [5.41, 5.74) is 1.63. The summed E-state index contributed by atoms with van der Waals surface area (Å²) in [4.78, 5) is 3.02. The molecule has 0 radical (unpaired) electrons. The van der Waals surface area contributed by atoms with Crippen LogP contribution < -0.4 is 10.0 Å². The fraction of sp³-hybridized carbons (Fsp3) is 0.286. The van der Waals surface area contributed by atoms with Crippen molar-refractivity contribution in [2.75, 3.05) is 11.3 Å². The molecular formula is C14H18FN3O2S. The van der Waals surface area contributed by atoms with E-state index in [-0.39, 0.29) is 10.6 Å². The van der Waals surface area contributed by atoms with Crippen molar-refractivity contribution in [3.05, 3.63) is 47.5 Å². The molecule has 0 fully saturated rings. The van der Waals surface area contributed by atoms with E-state index in [9.17, 15) is 12.8 Å². The highest BCUT2D eigenvalue weighted by Crippen LogP contribution is 2.19. The second kappa shape index (κ2) is 6.28. The van der Waals surface area contributed by atoms with E-state index >= 15 is 0 Å². The number of H-pyrrole nitrogens is 1. The lowest BCUT2D eigenvalue weighted by atomic mass is 10.2. The van der Waals surface area contributed by atoms with E-state index in [1.165, 1.54) is 12.3 Å². The summed E-state index contributed by atoms with van der Waals surface area (Å²) in [7, 11) is -3.73. The molecule has 0 aliphatic rings. The van der Waals surface area contributed by atoms with Gasteiger partial charge in [-0.2, -0.15) is 0 Å². The molecule has 2 aromatic rings. The summed E-state index contributed by atoms with van der Waals surface area (Å²) >= 11 is 0. The van der Waals surface area contributed by atoms with Crippen molar-refractivity contribution >= 4 is 15.7 Å². The largest absolute Gasteiger partial charge is 0.363 e. The Morgan fingerprint density at radius 1 is 1.24 bits per heavy atom. The first kappa shape index (κ1) is 15.5. The van der Waals surface area contributed by atoms with E-state index in [2.05, 4.69) is 15.0 Å². The molecule has 1 aromatic carbocycles. The number of nitrogens with one attached hydrogen (secondary N) is 3. The molecule has 7 heteroatoms. The molecule has 114 valence electrons. The minimum absolute atomic E-state index is 0.123. The van der Waals surface area contributed by atoms with Crippen molar-refractivity contribution in [2.24, 2.45) is 0 Å². The van der Waals surface area contributed by atoms with Gasteiger partial charge >= 0.3 is 0 Å². The molecule has 5 nitrogen and oxygen atoms in total. The second-order valence-corrected chi connectivity index (χ2v) is 6.45. The van der Waals surface area contributed by atoms with Crippen molar-refractivity contribution in [1.29, 1.82) is 0 Å². The Kier molecular flexibility index (Phi) is 4.64. The van der Waals surface area contributed by atoms with Gasteiger partial charge in [-0.15, -0.1) is 0 Å². The molecule has 0 aliphatic heterocycles. The molecule has 0 amide bonds. The van der Waals surface area contributed by atoms with Crippen LogP contribution in [0.3, 0.4) is 0 Å². The molecule has 0 unspecified atom stereocenters. The van der Waals surface area contributed by atoms with E-state index in [1.807, 2.05) is 6.92 Å². The first-order valence-corrected chi connectivity index (χ1v) is 8.07. The molecule has 0 saturated carbocycles. The minimum Gasteiger partial charge on any atom is -0.363 e. The number of sulfonamides is 1. The molecule has 0 saturated heterocycles. The van der Waals surface area contributed by atoms with Crippen LogP contribution in [0.2, 0.25) is 0 Å². The zero-order valence-electron chi connectivity index (χ0n) is 11.9. The Morgan fingerprint density at radius 2 is 2.00 bits per heavy atom. The summed E-state index contributed by atoms with van der Waals surface area (Å²) in [5, 5.41) is 3.10. The van der Waals surface area contributed by atoms with Gasteiger partial charge in [-0.1, -0.05) is 6.92 Å². The number of hydrogen-bond donors (Lipinski definition) is 3. The van der Waals surface area contributed by atoms with Crippen LogP contribution in [0.25, 0.3) is 0 Å². The van der Waals surface area contributed by atoms with Gasteiger partial charge in [-0.05, 0) is 43.3 Å². The summed E-state index contributed by atoms with van der Waals surface area (Å²) in [6, 6.07) is 5.61. The van der Waals surface area contributed by atoms with Crippen LogP contribution >= 0.6 is 0 Å². The Bertz CT molecular complexity index is 705. The van der Waals surface area contributed by atoms with E-state index in [0.717, 1.165) is 18.3 Å². The van der Waals surface area contributed by atoms with Crippen LogP contribution in [0.15, 0.2) is 35.4 Å². The quantitative estimate of drug-likeness (QED) is 0.767. The van der Waals surface area contributed by atoms with Crippen LogP contribution in [0.5, 0.6) is 0 Å². The van der Waals surface area contributed by atoms with Crippen molar-refractivity contribution < 1.29 is 12.8 Å². The van der Waals surface area contributed by atoms with E-state index in [4.69, 9.17) is 0 Å². The third kappa shape index (κ3) is 4.05. The first-order chi connectivity index (χ1) is 9.90. The maximum Gasteiger partial charge on any atom is 0.263 e. The molecular weight excluding hydrogens is 293 g/mol. The average molecular weight is 311 g/mol. The highest BCUT2D eigenvalue weighted by Gasteiger charge is 2.16. The van der Waals surface area contributed by atoms with Gasteiger partial charge in [-0.3, -0.25) is 4.72 Å². The fourth-order valence-electron chi connectivity index (χ4n) is 1.95. The van der Waals surface area contributed by atoms with Crippen molar-refractivity contribution in [3.63, 3.8) is 0 Å². The molecule has 0 bridgehead atoms. The maximum absolute atomic E-state index is 13.3. The monoisotopic (exact) mass is 311 g/mol. The first-order valence-electron chi connectivity index (χ1n) is 6.59. The highest BCUT2D eigenvalue weighted by molar-refractivity contribution is 7.92. The lowest BCUT2D eigenvalue weighted by Crippen LogP contribution is -2.13. The third-order valence-electron chi connectivity index (χ3n) is 2.89. The number of aromatic amines is 1. The molecule has 0 spiro atoms. The fourth-order valence-corrected chi connectivity index (χ4v) is 3.00. The molecule has 21 heavy (non-hydrogen) atoms. The van der Waals surface area contributed by atoms with Crippen LogP contribution in [-0.2, 0) is 16.6 Å². The number of anilines is 1. The Hall–Kier alpha value is -1.86. The maximum atomic E-state index is 13.3. The normalized spacial score (nSPS) is 11.6. The van der Waals surface area contributed by atoms with E-state index in [1.54, 1.807) is 19.1 Å². The van der Waals surface area contributed by atoms with Gasteiger partial charge in [0.2, 0.25) is 0 Å². The summed E-state index contributed by atoms with van der Waals surface area (Å²) < 4.78 is 40.2. The van der Waals surface area contributed by atoms with Crippen molar-refractivity contribution in [1.82, 2.24) is 10.3 Å². The number of benzene rings is 1. The average Bonchev–Trinajstić information content (AvgIpc) is 2.84. The SMILES string of the molecule is CCNCc1cc(S(=O)(=O)Nc2cc(C)cc(F)c2)c[nH]1. The van der Waals surface area contributed by atoms with Crippen LogP contribution in [0.1, 0.15) is 18.2 Å².